The van der Waals surface area contributed by atoms with Gasteiger partial charge < -0.3 is 20.1 Å². The third kappa shape index (κ3) is 4.67. The number of aryl methyl sites for hydroxylation is 2. The zero-order valence-electron chi connectivity index (χ0n) is 20.5. The number of piperidine rings is 1. The molecule has 1 aromatic carbocycles. The molecule has 3 aromatic rings. The van der Waals surface area contributed by atoms with Crippen LogP contribution >= 0.6 is 46.4 Å². The molecule has 5 nitrogen and oxygen atoms in total. The fourth-order valence-corrected chi connectivity index (χ4v) is 7.31. The lowest BCUT2D eigenvalue weighted by Gasteiger charge is -2.37. The highest BCUT2D eigenvalue weighted by molar-refractivity contribution is 14.1. The van der Waals surface area contributed by atoms with E-state index in [1.165, 1.54) is 15.6 Å². The highest BCUT2D eigenvalue weighted by Crippen LogP contribution is 2.46. The van der Waals surface area contributed by atoms with E-state index in [2.05, 4.69) is 99.6 Å². The summed E-state index contributed by atoms with van der Waals surface area (Å²) in [6, 6.07) is 12.3. The van der Waals surface area contributed by atoms with Crippen molar-refractivity contribution >= 4 is 62.9 Å². The summed E-state index contributed by atoms with van der Waals surface area (Å²) in [6.07, 6.45) is 3.11. The van der Waals surface area contributed by atoms with Gasteiger partial charge in [-0.3, -0.25) is 4.98 Å². The number of halogens is 2. The topological polar surface area (TPSA) is 47.2 Å². The molecule has 8 heteroatoms. The predicted octanol–water partition coefficient (Wildman–Crippen LogP) is 6.94. The minimum Gasteiger partial charge on any atom is -0.370 e. The Morgan fingerprint density at radius 1 is 1.09 bits per heavy atom. The van der Waals surface area contributed by atoms with E-state index in [0.29, 0.717) is 16.9 Å². The molecule has 0 aliphatic carbocycles. The normalized spacial score (nSPS) is 24.7. The van der Waals surface area contributed by atoms with Crippen LogP contribution in [0.5, 0.6) is 0 Å². The fourth-order valence-electron chi connectivity index (χ4n) is 5.81. The number of H-pyrrole nitrogens is 1. The van der Waals surface area contributed by atoms with Crippen molar-refractivity contribution in [1.29, 1.82) is 0 Å². The van der Waals surface area contributed by atoms with Gasteiger partial charge in [-0.15, -0.1) is 0 Å². The number of nitrogens with one attached hydrogen (secondary N) is 2. The minimum atomic E-state index is -0.0756. The van der Waals surface area contributed by atoms with Crippen molar-refractivity contribution < 1.29 is 0 Å². The molecule has 184 valence electrons. The number of rotatable bonds is 4. The first kappa shape index (κ1) is 24.8. The molecule has 4 heterocycles. The lowest BCUT2D eigenvalue weighted by molar-refractivity contribution is 0.357. The number of hydrogen-bond donors (Lipinski definition) is 2. The number of aromatic amines is 1. The fraction of sp³-hybridized carbons (Fsp3) is 0.407. The first-order valence-electron chi connectivity index (χ1n) is 12.1. The number of nitrogens with zero attached hydrogens (tertiary/aromatic N) is 3. The molecule has 2 N–H and O–H groups in total. The molecule has 2 aliphatic rings. The highest BCUT2D eigenvalue weighted by Gasteiger charge is 2.43. The number of aromatic nitrogens is 2. The van der Waals surface area contributed by atoms with Crippen molar-refractivity contribution in [2.75, 3.05) is 22.9 Å². The van der Waals surface area contributed by atoms with Crippen LogP contribution in [0.15, 0.2) is 42.6 Å². The molecular weight excluding hydrogens is 589 g/mol. The molecule has 0 radical (unpaired) electrons. The lowest BCUT2D eigenvalue weighted by atomic mass is 9.91. The van der Waals surface area contributed by atoms with Gasteiger partial charge in [-0.25, -0.2) is 0 Å². The summed E-state index contributed by atoms with van der Waals surface area (Å²) >= 11 is 15.3. The van der Waals surface area contributed by atoms with Crippen molar-refractivity contribution in [3.63, 3.8) is 0 Å². The minimum absolute atomic E-state index is 0.0498. The Labute approximate surface area is 231 Å². The second kappa shape index (κ2) is 9.90. The molecule has 0 saturated carbocycles. The van der Waals surface area contributed by atoms with Gasteiger partial charge >= 0.3 is 0 Å². The van der Waals surface area contributed by atoms with Gasteiger partial charge in [-0.2, -0.15) is 0 Å². The van der Waals surface area contributed by atoms with E-state index >= 15 is 0 Å². The lowest BCUT2D eigenvalue weighted by Crippen LogP contribution is -2.38. The second-order valence-corrected chi connectivity index (χ2v) is 12.0. The van der Waals surface area contributed by atoms with E-state index in [1.807, 2.05) is 18.3 Å². The van der Waals surface area contributed by atoms with Crippen LogP contribution in [0.3, 0.4) is 0 Å². The molecule has 0 unspecified atom stereocenters. The van der Waals surface area contributed by atoms with Gasteiger partial charge in [0.2, 0.25) is 0 Å². The molecule has 35 heavy (non-hydrogen) atoms. The van der Waals surface area contributed by atoms with Crippen LogP contribution in [0, 0.1) is 29.3 Å². The number of hydrogen-bond acceptors (Lipinski definition) is 3. The number of pyridine rings is 1. The molecular formula is C27H31ClIN5S. The maximum absolute atomic E-state index is 6.95. The summed E-state index contributed by atoms with van der Waals surface area (Å²) in [5, 5.41) is 5.02. The van der Waals surface area contributed by atoms with Crippen LogP contribution in [0.25, 0.3) is 0 Å². The zero-order valence-corrected chi connectivity index (χ0v) is 24.2. The van der Waals surface area contributed by atoms with E-state index in [0.717, 1.165) is 46.6 Å². The first-order chi connectivity index (χ1) is 16.7. The Morgan fingerprint density at radius 2 is 1.83 bits per heavy atom. The molecule has 0 spiro atoms. The Balaban J connectivity index is 1.57. The summed E-state index contributed by atoms with van der Waals surface area (Å²) in [6.45, 7) is 11.0. The van der Waals surface area contributed by atoms with Crippen LogP contribution in [0.1, 0.15) is 55.0 Å². The molecule has 2 aromatic heterocycles. The van der Waals surface area contributed by atoms with E-state index in [-0.39, 0.29) is 12.1 Å². The van der Waals surface area contributed by atoms with Crippen molar-refractivity contribution in [2.24, 2.45) is 11.8 Å². The molecule has 5 rings (SSSR count). The molecule has 2 saturated heterocycles. The molecule has 2 aliphatic heterocycles. The Morgan fingerprint density at radius 3 is 2.43 bits per heavy atom. The van der Waals surface area contributed by atoms with E-state index in [9.17, 15) is 0 Å². The van der Waals surface area contributed by atoms with Crippen LogP contribution in [-0.4, -0.2) is 28.2 Å². The Bertz CT molecular complexity index is 1240. The SMILES string of the molecule is Cc1[nH]c(C)c([C@@H]2[C@@H](c3ccccn3)NC(=S)N2c2ccc(N3C[C@H](C)C[C@H](C)C3)c(Cl)c2)c1I. The van der Waals surface area contributed by atoms with Crippen LogP contribution in [0.2, 0.25) is 5.02 Å². The summed E-state index contributed by atoms with van der Waals surface area (Å²) in [5.74, 6) is 1.32. The largest absolute Gasteiger partial charge is 0.370 e. The van der Waals surface area contributed by atoms with E-state index in [4.69, 9.17) is 23.8 Å². The molecule has 0 amide bonds. The third-order valence-electron chi connectivity index (χ3n) is 7.16. The van der Waals surface area contributed by atoms with Crippen LogP contribution in [-0.2, 0) is 0 Å². The summed E-state index contributed by atoms with van der Waals surface area (Å²) in [5.41, 5.74) is 6.62. The summed E-state index contributed by atoms with van der Waals surface area (Å²) in [4.78, 5) is 12.8. The van der Waals surface area contributed by atoms with Crippen LogP contribution < -0.4 is 15.1 Å². The molecule has 2 fully saturated rings. The van der Waals surface area contributed by atoms with Gasteiger partial charge in [0.15, 0.2) is 5.11 Å². The predicted molar refractivity (Wildman–Crippen MR) is 158 cm³/mol. The Kier molecular flexibility index (Phi) is 7.03. The number of thiocarbonyl (C=S) groups is 1. The maximum atomic E-state index is 6.95. The van der Waals surface area contributed by atoms with Gasteiger partial charge in [-0.1, -0.05) is 31.5 Å². The van der Waals surface area contributed by atoms with Gasteiger partial charge in [0.05, 0.1) is 28.5 Å². The first-order valence-corrected chi connectivity index (χ1v) is 14.0. The number of anilines is 2. The molecule has 0 bridgehead atoms. The van der Waals surface area contributed by atoms with Gasteiger partial charge in [0.25, 0.3) is 0 Å². The second-order valence-electron chi connectivity index (χ2n) is 10.1. The number of benzene rings is 1. The van der Waals surface area contributed by atoms with E-state index in [1.54, 1.807) is 0 Å². The Hall–Kier alpha value is -1.84. The van der Waals surface area contributed by atoms with Gasteiger partial charge in [0, 0.05) is 45.5 Å². The zero-order chi connectivity index (χ0) is 24.9. The van der Waals surface area contributed by atoms with Gasteiger partial charge in [0.1, 0.15) is 0 Å². The van der Waals surface area contributed by atoms with Crippen LogP contribution in [0.4, 0.5) is 11.4 Å². The van der Waals surface area contributed by atoms with E-state index < -0.39 is 0 Å². The molecule has 4 atom stereocenters. The van der Waals surface area contributed by atoms with Crippen molar-refractivity contribution in [1.82, 2.24) is 15.3 Å². The summed E-state index contributed by atoms with van der Waals surface area (Å²) < 4.78 is 1.22. The van der Waals surface area contributed by atoms with Crippen molar-refractivity contribution in [2.45, 2.75) is 46.2 Å². The third-order valence-corrected chi connectivity index (χ3v) is 9.16. The average Bonchev–Trinajstić information content (AvgIpc) is 3.27. The smallest absolute Gasteiger partial charge is 0.174 e. The standard InChI is InChI=1S/C27H31ClIN5S/c1-15-11-16(2)14-33(13-15)22-9-8-19(12-20(22)28)34-26(23-17(3)31-18(4)24(23)29)25(32-27(34)35)21-7-5-6-10-30-21/h5-10,12,15-16,25-26,31H,11,13-14H2,1-4H3,(H,32,35)/t15-,16+,25-,26-/m1/s1. The quantitative estimate of drug-likeness (QED) is 0.245. The summed E-state index contributed by atoms with van der Waals surface area (Å²) in [7, 11) is 0. The highest BCUT2D eigenvalue weighted by atomic mass is 127. The maximum Gasteiger partial charge on any atom is 0.174 e. The van der Waals surface area contributed by atoms with Crippen molar-refractivity contribution in [3.05, 3.63) is 73.8 Å². The van der Waals surface area contributed by atoms with Crippen molar-refractivity contribution in [3.8, 4) is 0 Å². The monoisotopic (exact) mass is 619 g/mol. The van der Waals surface area contributed by atoms with Gasteiger partial charge in [-0.05, 0) is 97.2 Å². The average molecular weight is 620 g/mol.